The molecule has 0 radical (unpaired) electrons. The van der Waals surface area contributed by atoms with Crippen molar-refractivity contribution in [3.05, 3.63) is 6.33 Å². The zero-order valence-electron chi connectivity index (χ0n) is 7.93. The van der Waals surface area contributed by atoms with Gasteiger partial charge in [-0.25, -0.2) is 0 Å². The molecule has 1 aliphatic carbocycles. The second-order valence-corrected chi connectivity index (χ2v) is 4.16. The van der Waals surface area contributed by atoms with Crippen LogP contribution in [0.4, 0.5) is 0 Å². The fourth-order valence-corrected chi connectivity index (χ4v) is 2.00. The molecule has 76 valence electrons. The van der Waals surface area contributed by atoms with E-state index in [9.17, 15) is 4.79 Å². The maximum absolute atomic E-state index is 11.0. The van der Waals surface area contributed by atoms with E-state index in [-0.39, 0.29) is 5.91 Å². The molecule has 1 fully saturated rings. The zero-order chi connectivity index (χ0) is 9.97. The molecular formula is C8H12N4OS. The van der Waals surface area contributed by atoms with Crippen molar-refractivity contribution in [2.75, 3.05) is 12.8 Å². The quantitative estimate of drug-likeness (QED) is 0.736. The van der Waals surface area contributed by atoms with Gasteiger partial charge in [0.05, 0.1) is 5.75 Å². The van der Waals surface area contributed by atoms with Crippen LogP contribution >= 0.6 is 11.8 Å². The van der Waals surface area contributed by atoms with Crippen LogP contribution in [0, 0.1) is 0 Å². The summed E-state index contributed by atoms with van der Waals surface area (Å²) in [6, 6.07) is 0.567. The highest BCUT2D eigenvalue weighted by Gasteiger charge is 2.26. The van der Waals surface area contributed by atoms with Gasteiger partial charge in [-0.2, -0.15) is 0 Å². The first kappa shape index (κ1) is 9.51. The molecule has 2 rings (SSSR count). The molecule has 0 saturated heterocycles. The molecule has 1 N–H and O–H groups in total. The Morgan fingerprint density at radius 3 is 3.21 bits per heavy atom. The maximum atomic E-state index is 11.0. The number of thioether (sulfide) groups is 1. The summed E-state index contributed by atoms with van der Waals surface area (Å²) < 4.78 is 2.05. The lowest BCUT2D eigenvalue weighted by atomic mass is 10.7. The summed E-state index contributed by atoms with van der Waals surface area (Å²) in [5, 5.41) is 11.2. The van der Waals surface area contributed by atoms with Crippen LogP contribution < -0.4 is 5.32 Å². The molecule has 6 heteroatoms. The summed E-state index contributed by atoms with van der Waals surface area (Å²) in [4.78, 5) is 11.0. The lowest BCUT2D eigenvalue weighted by molar-refractivity contribution is -0.118. The number of hydrogen-bond acceptors (Lipinski definition) is 4. The van der Waals surface area contributed by atoms with Crippen molar-refractivity contribution in [3.8, 4) is 0 Å². The third kappa shape index (κ3) is 2.06. The van der Waals surface area contributed by atoms with Gasteiger partial charge in [0, 0.05) is 13.1 Å². The second-order valence-electron chi connectivity index (χ2n) is 3.21. The van der Waals surface area contributed by atoms with Gasteiger partial charge in [0.2, 0.25) is 5.91 Å². The highest BCUT2D eigenvalue weighted by atomic mass is 32.2. The molecule has 0 unspecified atom stereocenters. The number of nitrogens with one attached hydrogen (secondary N) is 1. The van der Waals surface area contributed by atoms with Crippen LogP contribution in [0.15, 0.2) is 11.5 Å². The highest BCUT2D eigenvalue weighted by Crippen LogP contribution is 2.37. The van der Waals surface area contributed by atoms with Crippen LogP contribution in [0.25, 0.3) is 0 Å². The number of aromatic nitrogens is 3. The molecule has 1 amide bonds. The third-order valence-corrected chi connectivity index (χ3v) is 3.05. The molecule has 0 bridgehead atoms. The lowest BCUT2D eigenvalue weighted by Crippen LogP contribution is -2.20. The number of nitrogens with zero attached hydrogens (tertiary/aromatic N) is 3. The van der Waals surface area contributed by atoms with E-state index in [2.05, 4.69) is 15.5 Å². The van der Waals surface area contributed by atoms with Crippen LogP contribution in [0.1, 0.15) is 18.9 Å². The lowest BCUT2D eigenvalue weighted by Gasteiger charge is -2.02. The van der Waals surface area contributed by atoms with Gasteiger partial charge in [-0.15, -0.1) is 10.2 Å². The molecule has 14 heavy (non-hydrogen) atoms. The number of carbonyl (C=O) groups is 1. The Hall–Kier alpha value is -1.04. The first-order chi connectivity index (χ1) is 6.81. The zero-order valence-corrected chi connectivity index (χ0v) is 8.75. The minimum atomic E-state index is 0.0142. The van der Waals surface area contributed by atoms with Crippen LogP contribution in [0.3, 0.4) is 0 Å². The summed E-state index contributed by atoms with van der Waals surface area (Å²) >= 11 is 1.43. The van der Waals surface area contributed by atoms with Crippen LogP contribution in [-0.2, 0) is 4.79 Å². The van der Waals surface area contributed by atoms with Crippen molar-refractivity contribution >= 4 is 17.7 Å². The SMILES string of the molecule is CNC(=O)CSc1nncn1C1CC1. The topological polar surface area (TPSA) is 59.8 Å². The average Bonchev–Trinajstić information content (AvgIpc) is 2.94. The van der Waals surface area contributed by atoms with E-state index in [1.54, 1.807) is 13.4 Å². The molecule has 1 heterocycles. The number of rotatable bonds is 4. The van der Waals surface area contributed by atoms with Gasteiger partial charge in [0.1, 0.15) is 6.33 Å². The van der Waals surface area contributed by atoms with Gasteiger partial charge in [0.25, 0.3) is 0 Å². The van der Waals surface area contributed by atoms with Gasteiger partial charge in [-0.05, 0) is 12.8 Å². The van der Waals surface area contributed by atoms with E-state index in [4.69, 9.17) is 0 Å². The van der Waals surface area contributed by atoms with Crippen LogP contribution in [-0.4, -0.2) is 33.5 Å². The summed E-state index contributed by atoms with van der Waals surface area (Å²) in [6.07, 6.45) is 4.14. The number of amides is 1. The Kier molecular flexibility index (Phi) is 2.72. The molecule has 1 aliphatic rings. The summed E-state index contributed by atoms with van der Waals surface area (Å²) in [5.74, 6) is 0.419. The first-order valence-corrected chi connectivity index (χ1v) is 5.52. The summed E-state index contributed by atoms with van der Waals surface area (Å²) in [7, 11) is 1.63. The fourth-order valence-electron chi connectivity index (χ4n) is 1.14. The third-order valence-electron chi connectivity index (χ3n) is 2.09. The molecule has 0 aromatic carbocycles. The summed E-state index contributed by atoms with van der Waals surface area (Å²) in [5.41, 5.74) is 0. The fraction of sp³-hybridized carbons (Fsp3) is 0.625. The van der Waals surface area contributed by atoms with Crippen molar-refractivity contribution in [2.45, 2.75) is 24.0 Å². The minimum Gasteiger partial charge on any atom is -0.358 e. The Morgan fingerprint density at radius 1 is 1.79 bits per heavy atom. The second kappa shape index (κ2) is 4.00. The van der Waals surface area contributed by atoms with Crippen LogP contribution in [0.5, 0.6) is 0 Å². The molecular weight excluding hydrogens is 200 g/mol. The monoisotopic (exact) mass is 212 g/mol. The normalized spacial score (nSPS) is 15.5. The first-order valence-electron chi connectivity index (χ1n) is 4.54. The Bertz CT molecular complexity index is 334. The summed E-state index contributed by atoms with van der Waals surface area (Å²) in [6.45, 7) is 0. The van der Waals surface area contributed by atoms with Crippen molar-refractivity contribution in [1.29, 1.82) is 0 Å². The van der Waals surface area contributed by atoms with Gasteiger partial charge in [0.15, 0.2) is 5.16 Å². The molecule has 0 atom stereocenters. The standard InChI is InChI=1S/C8H12N4OS/c1-9-7(13)4-14-8-11-10-5-12(8)6-2-3-6/h5-6H,2-4H2,1H3,(H,9,13). The molecule has 1 aromatic heterocycles. The molecule has 0 spiro atoms. The molecule has 0 aliphatic heterocycles. The van der Waals surface area contributed by atoms with Crippen molar-refractivity contribution < 1.29 is 4.79 Å². The van der Waals surface area contributed by atoms with E-state index >= 15 is 0 Å². The van der Waals surface area contributed by atoms with Gasteiger partial charge in [-0.1, -0.05) is 11.8 Å². The Labute approximate surface area is 86.3 Å². The van der Waals surface area contributed by atoms with Crippen molar-refractivity contribution in [3.63, 3.8) is 0 Å². The van der Waals surface area contributed by atoms with E-state index in [0.717, 1.165) is 5.16 Å². The Balaban J connectivity index is 1.94. The average molecular weight is 212 g/mol. The smallest absolute Gasteiger partial charge is 0.230 e. The van der Waals surface area contributed by atoms with Gasteiger partial charge in [-0.3, -0.25) is 4.79 Å². The molecule has 1 aromatic rings. The Morgan fingerprint density at radius 2 is 2.57 bits per heavy atom. The number of hydrogen-bond donors (Lipinski definition) is 1. The van der Waals surface area contributed by atoms with Gasteiger partial charge >= 0.3 is 0 Å². The van der Waals surface area contributed by atoms with E-state index in [0.29, 0.717) is 11.8 Å². The van der Waals surface area contributed by atoms with Crippen molar-refractivity contribution in [2.24, 2.45) is 0 Å². The van der Waals surface area contributed by atoms with E-state index < -0.39 is 0 Å². The predicted molar refractivity (Wildman–Crippen MR) is 53.1 cm³/mol. The highest BCUT2D eigenvalue weighted by molar-refractivity contribution is 7.99. The maximum Gasteiger partial charge on any atom is 0.230 e. The largest absolute Gasteiger partial charge is 0.358 e. The minimum absolute atomic E-state index is 0.0142. The molecule has 5 nitrogen and oxygen atoms in total. The van der Waals surface area contributed by atoms with Crippen LogP contribution in [0.2, 0.25) is 0 Å². The van der Waals surface area contributed by atoms with E-state index in [1.807, 2.05) is 4.57 Å². The van der Waals surface area contributed by atoms with Crippen molar-refractivity contribution in [1.82, 2.24) is 20.1 Å². The predicted octanol–water partition coefficient (Wildman–Crippen LogP) is 0.451. The van der Waals surface area contributed by atoms with Gasteiger partial charge < -0.3 is 9.88 Å². The van der Waals surface area contributed by atoms with E-state index in [1.165, 1.54) is 24.6 Å². The molecule has 1 saturated carbocycles. The number of carbonyl (C=O) groups excluding carboxylic acids is 1.